The number of para-hydroxylation sites is 1. The minimum atomic E-state index is 0.476. The predicted molar refractivity (Wildman–Crippen MR) is 68.2 cm³/mol. The van der Waals surface area contributed by atoms with Crippen LogP contribution in [0.5, 0.6) is 0 Å². The zero-order valence-corrected chi connectivity index (χ0v) is 9.96. The summed E-state index contributed by atoms with van der Waals surface area (Å²) in [5.41, 5.74) is 2.54. The molecule has 0 aliphatic rings. The molecule has 0 spiro atoms. The first-order valence-electron chi connectivity index (χ1n) is 5.58. The van der Waals surface area contributed by atoms with Crippen molar-refractivity contribution < 1.29 is 0 Å². The molecule has 0 aromatic heterocycles. The first-order valence-corrected chi connectivity index (χ1v) is 5.58. The Kier molecular flexibility index (Phi) is 4.41. The van der Waals surface area contributed by atoms with E-state index in [1.165, 1.54) is 11.3 Å². The van der Waals surface area contributed by atoms with Gasteiger partial charge < -0.3 is 5.32 Å². The summed E-state index contributed by atoms with van der Waals surface area (Å²) in [4.78, 5) is 0. The molecule has 82 valence electrons. The summed E-state index contributed by atoms with van der Waals surface area (Å²) in [5.74, 6) is 0.613. The fourth-order valence-electron chi connectivity index (χ4n) is 1.59. The molecule has 0 saturated heterocycles. The summed E-state index contributed by atoms with van der Waals surface area (Å²) in [6.07, 6.45) is 3.04. The Hall–Kier alpha value is -1.24. The number of nitrogens with one attached hydrogen (secondary N) is 1. The standard InChI is InChI=1S/C14H21N/c1-5-8-11(2)13(4)15-14-10-7-6-9-12(14)3/h5-7,9-11,13,15H,1,8H2,2-4H3. The van der Waals surface area contributed by atoms with Crippen molar-refractivity contribution in [3.63, 3.8) is 0 Å². The minimum Gasteiger partial charge on any atom is -0.382 e. The van der Waals surface area contributed by atoms with Crippen LogP contribution in [0.1, 0.15) is 25.8 Å². The second kappa shape index (κ2) is 5.59. The van der Waals surface area contributed by atoms with Gasteiger partial charge >= 0.3 is 0 Å². The first-order chi connectivity index (χ1) is 7.15. The van der Waals surface area contributed by atoms with Crippen molar-refractivity contribution in [2.45, 2.75) is 33.2 Å². The normalized spacial score (nSPS) is 14.3. The molecule has 1 nitrogen and oxygen atoms in total. The average Bonchev–Trinajstić information content (AvgIpc) is 2.21. The summed E-state index contributed by atoms with van der Waals surface area (Å²) in [6.45, 7) is 10.4. The highest BCUT2D eigenvalue weighted by molar-refractivity contribution is 5.50. The molecule has 0 saturated carbocycles. The van der Waals surface area contributed by atoms with Gasteiger partial charge in [0.05, 0.1) is 0 Å². The van der Waals surface area contributed by atoms with E-state index in [9.17, 15) is 0 Å². The van der Waals surface area contributed by atoms with Crippen molar-refractivity contribution in [1.29, 1.82) is 0 Å². The molecule has 0 heterocycles. The van der Waals surface area contributed by atoms with Gasteiger partial charge in [-0.25, -0.2) is 0 Å². The zero-order valence-electron chi connectivity index (χ0n) is 9.96. The number of aryl methyl sites for hydroxylation is 1. The van der Waals surface area contributed by atoms with Gasteiger partial charge in [-0.3, -0.25) is 0 Å². The Labute approximate surface area is 93.2 Å². The van der Waals surface area contributed by atoms with Crippen molar-refractivity contribution >= 4 is 5.69 Å². The van der Waals surface area contributed by atoms with Gasteiger partial charge in [-0.05, 0) is 37.8 Å². The summed E-state index contributed by atoms with van der Waals surface area (Å²) < 4.78 is 0. The van der Waals surface area contributed by atoms with E-state index in [1.54, 1.807) is 0 Å². The van der Waals surface area contributed by atoms with Crippen LogP contribution >= 0.6 is 0 Å². The van der Waals surface area contributed by atoms with Crippen molar-refractivity contribution in [3.8, 4) is 0 Å². The van der Waals surface area contributed by atoms with E-state index in [0.29, 0.717) is 12.0 Å². The second-order valence-corrected chi connectivity index (χ2v) is 4.25. The number of benzene rings is 1. The van der Waals surface area contributed by atoms with Gasteiger partial charge in [-0.15, -0.1) is 6.58 Å². The number of hydrogen-bond donors (Lipinski definition) is 1. The fourth-order valence-corrected chi connectivity index (χ4v) is 1.59. The van der Waals surface area contributed by atoms with E-state index in [4.69, 9.17) is 0 Å². The number of rotatable bonds is 5. The molecule has 15 heavy (non-hydrogen) atoms. The Morgan fingerprint density at radius 2 is 2.00 bits per heavy atom. The monoisotopic (exact) mass is 203 g/mol. The van der Waals surface area contributed by atoms with E-state index in [1.807, 2.05) is 6.08 Å². The summed E-state index contributed by atoms with van der Waals surface area (Å²) >= 11 is 0. The van der Waals surface area contributed by atoms with E-state index >= 15 is 0 Å². The summed E-state index contributed by atoms with van der Waals surface area (Å²) in [7, 11) is 0. The Morgan fingerprint density at radius 1 is 1.33 bits per heavy atom. The zero-order chi connectivity index (χ0) is 11.3. The maximum atomic E-state index is 3.78. The lowest BCUT2D eigenvalue weighted by molar-refractivity contribution is 0.517. The predicted octanol–water partition coefficient (Wildman–Crippen LogP) is 4.01. The van der Waals surface area contributed by atoms with Crippen molar-refractivity contribution in [2.24, 2.45) is 5.92 Å². The van der Waals surface area contributed by atoms with E-state index in [-0.39, 0.29) is 0 Å². The maximum absolute atomic E-state index is 3.78. The number of hydrogen-bond acceptors (Lipinski definition) is 1. The topological polar surface area (TPSA) is 12.0 Å². The minimum absolute atomic E-state index is 0.476. The van der Waals surface area contributed by atoms with Crippen LogP contribution in [0.2, 0.25) is 0 Å². The summed E-state index contributed by atoms with van der Waals surface area (Å²) in [5, 5.41) is 3.55. The van der Waals surface area contributed by atoms with Crippen LogP contribution in [0.3, 0.4) is 0 Å². The van der Waals surface area contributed by atoms with Gasteiger partial charge in [0.1, 0.15) is 0 Å². The highest BCUT2D eigenvalue weighted by atomic mass is 14.9. The van der Waals surface area contributed by atoms with E-state index < -0.39 is 0 Å². The first kappa shape index (κ1) is 11.8. The summed E-state index contributed by atoms with van der Waals surface area (Å²) in [6, 6.07) is 8.88. The van der Waals surface area contributed by atoms with Crippen LogP contribution < -0.4 is 5.32 Å². The van der Waals surface area contributed by atoms with Gasteiger partial charge in [0.25, 0.3) is 0 Å². The molecule has 0 radical (unpaired) electrons. The molecule has 2 atom stereocenters. The molecule has 1 heteroatoms. The molecule has 1 rings (SSSR count). The molecular weight excluding hydrogens is 182 g/mol. The van der Waals surface area contributed by atoms with Gasteiger partial charge in [-0.2, -0.15) is 0 Å². The molecular formula is C14H21N. The highest BCUT2D eigenvalue weighted by Gasteiger charge is 2.10. The molecule has 0 aliphatic heterocycles. The van der Waals surface area contributed by atoms with Crippen LogP contribution in [-0.4, -0.2) is 6.04 Å². The fraction of sp³-hybridized carbons (Fsp3) is 0.429. The smallest absolute Gasteiger partial charge is 0.0372 e. The van der Waals surface area contributed by atoms with Crippen LogP contribution in [-0.2, 0) is 0 Å². The van der Waals surface area contributed by atoms with Crippen molar-refractivity contribution in [1.82, 2.24) is 0 Å². The lowest BCUT2D eigenvalue weighted by Crippen LogP contribution is -2.23. The van der Waals surface area contributed by atoms with Crippen LogP contribution in [0.25, 0.3) is 0 Å². The maximum Gasteiger partial charge on any atom is 0.0372 e. The Balaban J connectivity index is 2.61. The average molecular weight is 203 g/mol. The SMILES string of the molecule is C=CCC(C)C(C)Nc1ccccc1C. The van der Waals surface area contributed by atoms with E-state index in [2.05, 4.69) is 56.9 Å². The number of anilines is 1. The third-order valence-electron chi connectivity index (χ3n) is 2.92. The van der Waals surface area contributed by atoms with Gasteiger partial charge in [0.15, 0.2) is 0 Å². The molecule has 0 aliphatic carbocycles. The van der Waals surface area contributed by atoms with Crippen molar-refractivity contribution in [3.05, 3.63) is 42.5 Å². The Morgan fingerprint density at radius 3 is 2.60 bits per heavy atom. The molecule has 0 bridgehead atoms. The molecule has 0 amide bonds. The van der Waals surface area contributed by atoms with Gasteiger partial charge in [0, 0.05) is 11.7 Å². The second-order valence-electron chi connectivity index (χ2n) is 4.25. The molecule has 1 N–H and O–H groups in total. The van der Waals surface area contributed by atoms with Gasteiger partial charge in [-0.1, -0.05) is 31.2 Å². The van der Waals surface area contributed by atoms with Crippen LogP contribution in [0.15, 0.2) is 36.9 Å². The lowest BCUT2D eigenvalue weighted by Gasteiger charge is -2.22. The third kappa shape index (κ3) is 3.43. The molecule has 0 fully saturated rings. The largest absolute Gasteiger partial charge is 0.382 e. The lowest BCUT2D eigenvalue weighted by atomic mass is 9.99. The number of allylic oxidation sites excluding steroid dienone is 1. The Bertz CT molecular complexity index is 317. The molecule has 1 aromatic rings. The van der Waals surface area contributed by atoms with Gasteiger partial charge in [0.2, 0.25) is 0 Å². The quantitative estimate of drug-likeness (QED) is 0.713. The van der Waals surface area contributed by atoms with Crippen molar-refractivity contribution in [2.75, 3.05) is 5.32 Å². The molecule has 1 aromatic carbocycles. The van der Waals surface area contributed by atoms with Crippen LogP contribution in [0, 0.1) is 12.8 Å². The van der Waals surface area contributed by atoms with Crippen LogP contribution in [0.4, 0.5) is 5.69 Å². The van der Waals surface area contributed by atoms with E-state index in [0.717, 1.165) is 6.42 Å². The third-order valence-corrected chi connectivity index (χ3v) is 2.92. The highest BCUT2D eigenvalue weighted by Crippen LogP contribution is 2.18. The molecule has 2 unspecified atom stereocenters.